The third-order valence-corrected chi connectivity index (χ3v) is 5.52. The molecule has 0 saturated heterocycles. The van der Waals surface area contributed by atoms with Crippen molar-refractivity contribution in [3.63, 3.8) is 0 Å². The number of hydrogen-bond acceptors (Lipinski definition) is 4. The number of aromatic carboxylic acids is 1. The van der Waals surface area contributed by atoms with Crippen molar-refractivity contribution in [2.75, 3.05) is 20.2 Å². The van der Waals surface area contributed by atoms with Crippen LogP contribution in [0, 0.1) is 0 Å². The number of halogens is 2. The van der Waals surface area contributed by atoms with Crippen molar-refractivity contribution in [1.29, 1.82) is 0 Å². The van der Waals surface area contributed by atoms with Crippen LogP contribution in [0.4, 0.5) is 4.79 Å². The summed E-state index contributed by atoms with van der Waals surface area (Å²) in [5.41, 5.74) is 1.09. The lowest BCUT2D eigenvalue weighted by molar-refractivity contribution is 0.0693. The van der Waals surface area contributed by atoms with Gasteiger partial charge < -0.3 is 14.7 Å². The van der Waals surface area contributed by atoms with Gasteiger partial charge in [-0.2, -0.15) is 0 Å². The summed E-state index contributed by atoms with van der Waals surface area (Å²) in [4.78, 5) is 24.7. The molecule has 164 valence electrons. The number of ether oxygens (including phenoxy) is 1. The van der Waals surface area contributed by atoms with Gasteiger partial charge in [0, 0.05) is 18.8 Å². The van der Waals surface area contributed by atoms with E-state index in [9.17, 15) is 9.59 Å². The first-order chi connectivity index (χ1) is 14.3. The molecule has 0 radical (unpaired) electrons. The highest BCUT2D eigenvalue weighted by molar-refractivity contribution is 8.12. The van der Waals surface area contributed by atoms with Crippen LogP contribution in [0.5, 0.6) is 5.75 Å². The van der Waals surface area contributed by atoms with E-state index in [2.05, 4.69) is 26.0 Å². The highest BCUT2D eigenvalue weighted by Crippen LogP contribution is 2.33. The van der Waals surface area contributed by atoms with Crippen LogP contribution >= 0.6 is 35.0 Å². The van der Waals surface area contributed by atoms with E-state index in [1.54, 1.807) is 0 Å². The molecule has 0 aliphatic heterocycles. The Kier molecular flexibility index (Phi) is 12.4. The van der Waals surface area contributed by atoms with E-state index in [0.717, 1.165) is 31.7 Å². The fraction of sp³-hybridized carbons (Fsp3) is 0.364. The van der Waals surface area contributed by atoms with Crippen LogP contribution in [0.2, 0.25) is 10.0 Å². The van der Waals surface area contributed by atoms with E-state index in [-0.39, 0.29) is 26.6 Å². The normalized spacial score (nSPS) is 10.0. The summed E-state index contributed by atoms with van der Waals surface area (Å²) >= 11 is 12.8. The topological polar surface area (TPSA) is 66.8 Å². The van der Waals surface area contributed by atoms with E-state index in [4.69, 9.17) is 33.0 Å². The van der Waals surface area contributed by atoms with Crippen LogP contribution in [0.15, 0.2) is 42.5 Å². The molecule has 2 aromatic rings. The number of methoxy groups -OCH3 is 1. The third-order valence-electron chi connectivity index (χ3n) is 3.93. The zero-order valence-electron chi connectivity index (χ0n) is 17.4. The molecule has 8 heteroatoms. The van der Waals surface area contributed by atoms with Gasteiger partial charge in [-0.25, -0.2) is 4.79 Å². The van der Waals surface area contributed by atoms with Crippen LogP contribution in [-0.4, -0.2) is 41.4 Å². The van der Waals surface area contributed by atoms with Gasteiger partial charge in [-0.3, -0.25) is 4.79 Å². The molecule has 1 amide bonds. The van der Waals surface area contributed by atoms with E-state index in [1.807, 2.05) is 23.1 Å². The second kappa shape index (κ2) is 14.2. The molecule has 0 atom stereocenters. The van der Waals surface area contributed by atoms with Crippen LogP contribution in [0.25, 0.3) is 0 Å². The Balaban J connectivity index is 0.000000311. The molecule has 30 heavy (non-hydrogen) atoms. The maximum Gasteiger partial charge on any atom is 0.341 e. The summed E-state index contributed by atoms with van der Waals surface area (Å²) in [7, 11) is 1.34. The molecule has 0 saturated carbocycles. The Bertz CT molecular complexity index is 812. The molecule has 0 aliphatic carbocycles. The second-order valence-corrected chi connectivity index (χ2v) is 8.01. The molecular weight excluding hydrogens is 445 g/mol. The standard InChI is InChI=1S/C14H21NOS.C8H6Cl2O3/c1-3-10-15(11-4-2)14(16)17-12-13-8-6-5-7-9-13;1-13-7-5(10)3-2-4(9)6(7)8(11)12/h5-9H,3-4,10-12H2,1-2H3;2-3H,1H3,(H,11,12). The zero-order chi connectivity index (χ0) is 22.5. The summed E-state index contributed by atoms with van der Waals surface area (Å²) in [5, 5.41) is 9.32. The summed E-state index contributed by atoms with van der Waals surface area (Å²) < 4.78 is 4.82. The number of hydrogen-bond donors (Lipinski definition) is 1. The fourth-order valence-corrected chi connectivity index (χ4v) is 3.89. The molecule has 0 fully saturated rings. The minimum Gasteiger partial charge on any atom is -0.494 e. The number of thioether (sulfide) groups is 1. The number of carboxylic acid groups (broad SMARTS) is 1. The van der Waals surface area contributed by atoms with Gasteiger partial charge in [-0.05, 0) is 30.5 Å². The summed E-state index contributed by atoms with van der Waals surface area (Å²) in [5.74, 6) is -0.310. The highest BCUT2D eigenvalue weighted by atomic mass is 35.5. The van der Waals surface area contributed by atoms with Gasteiger partial charge in [-0.15, -0.1) is 0 Å². The molecule has 2 rings (SSSR count). The molecule has 0 spiro atoms. The molecule has 1 N–H and O–H groups in total. The second-order valence-electron chi connectivity index (χ2n) is 6.27. The SMILES string of the molecule is CCCN(CCC)C(=O)SCc1ccccc1.COc1c(Cl)ccc(Cl)c1C(=O)O. The van der Waals surface area contributed by atoms with Crippen molar-refractivity contribution < 1.29 is 19.4 Å². The number of nitrogens with zero attached hydrogens (tertiary/aromatic N) is 1. The van der Waals surface area contributed by atoms with Crippen molar-refractivity contribution in [2.45, 2.75) is 32.4 Å². The highest BCUT2D eigenvalue weighted by Gasteiger charge is 2.18. The molecule has 2 aromatic carbocycles. The number of amides is 1. The first kappa shape index (κ1) is 26.1. The van der Waals surface area contributed by atoms with Gasteiger partial charge in [-0.1, -0.05) is 79.1 Å². The van der Waals surface area contributed by atoms with Gasteiger partial charge in [0.25, 0.3) is 5.24 Å². The Labute approximate surface area is 192 Å². The number of rotatable bonds is 8. The summed E-state index contributed by atoms with van der Waals surface area (Å²) in [6, 6.07) is 13.0. The van der Waals surface area contributed by atoms with E-state index < -0.39 is 5.97 Å². The minimum atomic E-state index is -1.16. The van der Waals surface area contributed by atoms with Gasteiger partial charge >= 0.3 is 5.97 Å². The van der Waals surface area contributed by atoms with E-state index in [0.29, 0.717) is 0 Å². The van der Waals surface area contributed by atoms with Crippen LogP contribution in [0.3, 0.4) is 0 Å². The molecule has 0 aliphatic rings. The largest absolute Gasteiger partial charge is 0.494 e. The number of benzene rings is 2. The Hall–Kier alpha value is -1.89. The predicted octanol–water partition coefficient (Wildman–Crippen LogP) is 6.86. The number of carboxylic acids is 1. The van der Waals surface area contributed by atoms with Gasteiger partial charge in [0.1, 0.15) is 5.56 Å². The lowest BCUT2D eigenvalue weighted by atomic mass is 10.2. The third kappa shape index (κ3) is 8.46. The fourth-order valence-electron chi connectivity index (χ4n) is 2.58. The van der Waals surface area contributed by atoms with Crippen molar-refractivity contribution in [1.82, 2.24) is 4.90 Å². The predicted molar refractivity (Wildman–Crippen MR) is 125 cm³/mol. The van der Waals surface area contributed by atoms with Crippen molar-refractivity contribution >= 4 is 46.2 Å². The quantitative estimate of drug-likeness (QED) is 0.455. The average molecular weight is 472 g/mol. The first-order valence-electron chi connectivity index (χ1n) is 9.56. The lowest BCUT2D eigenvalue weighted by Crippen LogP contribution is -2.29. The smallest absolute Gasteiger partial charge is 0.341 e. The van der Waals surface area contributed by atoms with E-state index >= 15 is 0 Å². The minimum absolute atomic E-state index is 0.0849. The van der Waals surface area contributed by atoms with Crippen molar-refractivity contribution in [3.8, 4) is 5.75 Å². The Morgan fingerprint density at radius 3 is 2.03 bits per heavy atom. The number of carbonyl (C=O) groups excluding carboxylic acids is 1. The van der Waals surface area contributed by atoms with Gasteiger partial charge in [0.15, 0.2) is 5.75 Å². The molecular formula is C22H27Cl2NO4S. The van der Waals surface area contributed by atoms with Crippen LogP contribution in [-0.2, 0) is 5.75 Å². The molecule has 0 unspecified atom stereocenters. The Morgan fingerprint density at radius 1 is 1.00 bits per heavy atom. The maximum absolute atomic E-state index is 12.0. The molecule has 0 aromatic heterocycles. The monoisotopic (exact) mass is 471 g/mol. The average Bonchev–Trinajstić information content (AvgIpc) is 2.74. The number of carbonyl (C=O) groups is 2. The Morgan fingerprint density at radius 2 is 1.57 bits per heavy atom. The van der Waals surface area contributed by atoms with Crippen LogP contribution in [0.1, 0.15) is 42.6 Å². The molecule has 5 nitrogen and oxygen atoms in total. The van der Waals surface area contributed by atoms with E-state index in [1.165, 1.54) is 36.6 Å². The van der Waals surface area contributed by atoms with Crippen molar-refractivity contribution in [3.05, 3.63) is 63.6 Å². The summed E-state index contributed by atoms with van der Waals surface area (Å²) in [6.45, 7) is 5.96. The molecule has 0 bridgehead atoms. The maximum atomic E-state index is 12.0. The van der Waals surface area contributed by atoms with Crippen molar-refractivity contribution in [2.24, 2.45) is 0 Å². The molecule has 0 heterocycles. The van der Waals surface area contributed by atoms with Gasteiger partial charge in [0.2, 0.25) is 0 Å². The first-order valence-corrected chi connectivity index (χ1v) is 11.3. The van der Waals surface area contributed by atoms with Crippen LogP contribution < -0.4 is 4.74 Å². The lowest BCUT2D eigenvalue weighted by Gasteiger charge is -2.20. The zero-order valence-corrected chi connectivity index (χ0v) is 19.7. The van der Waals surface area contributed by atoms with Gasteiger partial charge in [0.05, 0.1) is 17.2 Å². The summed E-state index contributed by atoms with van der Waals surface area (Å²) in [6.07, 6.45) is 2.05.